The van der Waals surface area contributed by atoms with Gasteiger partial charge in [0, 0.05) is 6.42 Å². The Labute approximate surface area is 126 Å². The van der Waals surface area contributed by atoms with E-state index >= 15 is 0 Å². The molecule has 116 valence electrons. The summed E-state index contributed by atoms with van der Waals surface area (Å²) in [5.41, 5.74) is 1.35. The standard InChI is InChI=1S/C19H34O/c1-2-3-4-5-6-7-8-9-10-11-12-14-18-15-13-16-19(20)17-18/h15,17,20H,2-14,16H2,1H3. The lowest BCUT2D eigenvalue weighted by Gasteiger charge is -2.09. The molecule has 1 aliphatic carbocycles. The van der Waals surface area contributed by atoms with Crippen LogP contribution >= 0.6 is 0 Å². The third kappa shape index (κ3) is 9.23. The molecular formula is C19H34O. The van der Waals surface area contributed by atoms with Gasteiger partial charge in [-0.3, -0.25) is 0 Å². The van der Waals surface area contributed by atoms with Crippen LogP contribution in [0.3, 0.4) is 0 Å². The molecule has 0 aromatic carbocycles. The first-order chi connectivity index (χ1) is 9.83. The Morgan fingerprint density at radius 3 is 1.95 bits per heavy atom. The smallest absolute Gasteiger partial charge is 0.0928 e. The van der Waals surface area contributed by atoms with Gasteiger partial charge in [-0.1, -0.05) is 77.2 Å². The Bertz CT molecular complexity index is 288. The first-order valence-electron chi connectivity index (χ1n) is 8.91. The van der Waals surface area contributed by atoms with Gasteiger partial charge in [-0.05, 0) is 30.9 Å². The number of allylic oxidation sites excluding steroid dienone is 4. The molecule has 1 rings (SSSR count). The van der Waals surface area contributed by atoms with Crippen LogP contribution < -0.4 is 0 Å². The zero-order valence-corrected chi connectivity index (χ0v) is 13.5. The van der Waals surface area contributed by atoms with Gasteiger partial charge in [-0.15, -0.1) is 0 Å². The molecule has 1 aliphatic rings. The highest BCUT2D eigenvalue weighted by Crippen LogP contribution is 2.20. The van der Waals surface area contributed by atoms with E-state index in [0.717, 1.165) is 19.3 Å². The van der Waals surface area contributed by atoms with E-state index in [2.05, 4.69) is 13.0 Å². The maximum atomic E-state index is 9.48. The number of hydrogen-bond donors (Lipinski definition) is 1. The minimum absolute atomic E-state index is 0.575. The normalized spacial score (nSPS) is 15.1. The quantitative estimate of drug-likeness (QED) is 0.387. The first-order valence-corrected chi connectivity index (χ1v) is 8.91. The molecule has 0 heterocycles. The fourth-order valence-corrected chi connectivity index (χ4v) is 2.92. The third-order valence-corrected chi connectivity index (χ3v) is 4.23. The van der Waals surface area contributed by atoms with Gasteiger partial charge in [0.05, 0.1) is 5.76 Å². The van der Waals surface area contributed by atoms with Crippen LogP contribution in [0, 0.1) is 0 Å². The molecular weight excluding hydrogens is 244 g/mol. The molecule has 0 atom stereocenters. The molecule has 0 saturated heterocycles. The average molecular weight is 278 g/mol. The second-order valence-electron chi connectivity index (χ2n) is 6.24. The minimum Gasteiger partial charge on any atom is -0.512 e. The summed E-state index contributed by atoms with van der Waals surface area (Å²) >= 11 is 0. The van der Waals surface area contributed by atoms with E-state index in [9.17, 15) is 5.11 Å². The van der Waals surface area contributed by atoms with Crippen LogP contribution in [0.5, 0.6) is 0 Å². The molecule has 0 fully saturated rings. The summed E-state index contributed by atoms with van der Waals surface area (Å²) in [5.74, 6) is 0.575. The van der Waals surface area contributed by atoms with Crippen molar-refractivity contribution >= 4 is 0 Å². The van der Waals surface area contributed by atoms with Gasteiger partial charge in [-0.25, -0.2) is 0 Å². The fourth-order valence-electron chi connectivity index (χ4n) is 2.92. The Balaban J connectivity index is 1.82. The highest BCUT2D eigenvalue weighted by molar-refractivity contribution is 5.24. The third-order valence-electron chi connectivity index (χ3n) is 4.23. The van der Waals surface area contributed by atoms with E-state index in [4.69, 9.17) is 0 Å². The Morgan fingerprint density at radius 2 is 1.40 bits per heavy atom. The molecule has 0 unspecified atom stereocenters. The molecule has 1 N–H and O–H groups in total. The van der Waals surface area contributed by atoms with Crippen molar-refractivity contribution in [2.75, 3.05) is 0 Å². The van der Waals surface area contributed by atoms with Gasteiger partial charge < -0.3 is 5.11 Å². The van der Waals surface area contributed by atoms with Crippen molar-refractivity contribution in [1.29, 1.82) is 0 Å². The molecule has 0 amide bonds. The Kier molecular flexibility index (Phi) is 10.4. The first kappa shape index (κ1) is 17.3. The van der Waals surface area contributed by atoms with Gasteiger partial charge in [0.2, 0.25) is 0 Å². The molecule has 0 bridgehead atoms. The molecule has 1 heteroatoms. The zero-order valence-electron chi connectivity index (χ0n) is 13.5. The average Bonchev–Trinajstić information content (AvgIpc) is 2.45. The van der Waals surface area contributed by atoms with Crippen molar-refractivity contribution in [3.05, 3.63) is 23.5 Å². The Hall–Kier alpha value is -0.720. The SMILES string of the molecule is CCCCCCCCCCCCCC1=CCCC(O)=C1. The van der Waals surface area contributed by atoms with Crippen molar-refractivity contribution in [2.45, 2.75) is 96.8 Å². The topological polar surface area (TPSA) is 20.2 Å². The number of aliphatic hydroxyl groups excluding tert-OH is 1. The Morgan fingerprint density at radius 1 is 0.850 bits per heavy atom. The second kappa shape index (κ2) is 12.1. The molecule has 0 spiro atoms. The monoisotopic (exact) mass is 278 g/mol. The highest BCUT2D eigenvalue weighted by atomic mass is 16.3. The van der Waals surface area contributed by atoms with E-state index in [0.29, 0.717) is 5.76 Å². The number of aliphatic hydroxyl groups is 1. The van der Waals surface area contributed by atoms with E-state index in [1.165, 1.54) is 76.2 Å². The number of hydrogen-bond acceptors (Lipinski definition) is 1. The lowest BCUT2D eigenvalue weighted by molar-refractivity contribution is 0.385. The summed E-state index contributed by atoms with van der Waals surface area (Å²) in [6, 6.07) is 0. The second-order valence-corrected chi connectivity index (χ2v) is 6.24. The summed E-state index contributed by atoms with van der Waals surface area (Å²) in [4.78, 5) is 0. The van der Waals surface area contributed by atoms with Crippen molar-refractivity contribution in [3.63, 3.8) is 0 Å². The predicted molar refractivity (Wildman–Crippen MR) is 89.1 cm³/mol. The van der Waals surface area contributed by atoms with Gasteiger partial charge in [0.25, 0.3) is 0 Å². The van der Waals surface area contributed by atoms with Crippen molar-refractivity contribution < 1.29 is 5.11 Å². The fraction of sp³-hybridized carbons (Fsp3) is 0.789. The van der Waals surface area contributed by atoms with Crippen molar-refractivity contribution in [2.24, 2.45) is 0 Å². The highest BCUT2D eigenvalue weighted by Gasteiger charge is 2.03. The van der Waals surface area contributed by atoms with Gasteiger partial charge in [0.1, 0.15) is 0 Å². The summed E-state index contributed by atoms with van der Waals surface area (Å²) in [5, 5.41) is 9.48. The molecule has 0 saturated carbocycles. The van der Waals surface area contributed by atoms with Crippen LogP contribution in [0.4, 0.5) is 0 Å². The van der Waals surface area contributed by atoms with Crippen LogP contribution in [-0.2, 0) is 0 Å². The van der Waals surface area contributed by atoms with Gasteiger partial charge in [0.15, 0.2) is 0 Å². The van der Waals surface area contributed by atoms with Crippen LogP contribution in [0.1, 0.15) is 96.8 Å². The maximum absolute atomic E-state index is 9.48. The van der Waals surface area contributed by atoms with E-state index in [1.807, 2.05) is 6.08 Å². The summed E-state index contributed by atoms with van der Waals surface area (Å²) in [6.45, 7) is 2.28. The molecule has 0 aliphatic heterocycles. The van der Waals surface area contributed by atoms with Crippen molar-refractivity contribution in [3.8, 4) is 0 Å². The minimum atomic E-state index is 0.575. The van der Waals surface area contributed by atoms with Crippen LogP contribution in [0.2, 0.25) is 0 Å². The van der Waals surface area contributed by atoms with Crippen molar-refractivity contribution in [1.82, 2.24) is 0 Å². The molecule has 20 heavy (non-hydrogen) atoms. The molecule has 0 radical (unpaired) electrons. The molecule has 1 nitrogen and oxygen atoms in total. The number of unbranched alkanes of at least 4 members (excludes halogenated alkanes) is 10. The lowest BCUT2D eigenvalue weighted by Crippen LogP contribution is -1.92. The van der Waals surface area contributed by atoms with Crippen LogP contribution in [-0.4, -0.2) is 5.11 Å². The summed E-state index contributed by atoms with van der Waals surface area (Å²) < 4.78 is 0. The zero-order chi connectivity index (χ0) is 14.5. The number of rotatable bonds is 12. The summed E-state index contributed by atoms with van der Waals surface area (Å²) in [7, 11) is 0. The summed E-state index contributed by atoms with van der Waals surface area (Å²) in [6.07, 6.45) is 22.7. The van der Waals surface area contributed by atoms with E-state index in [1.54, 1.807) is 0 Å². The largest absolute Gasteiger partial charge is 0.512 e. The maximum Gasteiger partial charge on any atom is 0.0928 e. The molecule has 0 aromatic rings. The van der Waals surface area contributed by atoms with Crippen LogP contribution in [0.15, 0.2) is 23.5 Å². The predicted octanol–water partition coefficient (Wildman–Crippen LogP) is 6.85. The van der Waals surface area contributed by atoms with Gasteiger partial charge >= 0.3 is 0 Å². The van der Waals surface area contributed by atoms with Gasteiger partial charge in [-0.2, -0.15) is 0 Å². The van der Waals surface area contributed by atoms with Crippen LogP contribution in [0.25, 0.3) is 0 Å². The van der Waals surface area contributed by atoms with E-state index < -0.39 is 0 Å². The molecule has 0 aromatic heterocycles. The van der Waals surface area contributed by atoms with E-state index in [-0.39, 0.29) is 0 Å². The lowest BCUT2D eigenvalue weighted by atomic mass is 9.99.